The number of fused-ring (bicyclic) bond motifs is 1. The first-order valence-electron chi connectivity index (χ1n) is 10.2. The van der Waals surface area contributed by atoms with E-state index in [1.165, 1.54) is 11.3 Å². The average Bonchev–Trinajstić information content (AvgIpc) is 3.43. The first-order chi connectivity index (χ1) is 15.0. The number of aryl methyl sites for hydroxylation is 1. The Morgan fingerprint density at radius 3 is 2.81 bits per heavy atom. The van der Waals surface area contributed by atoms with Crippen LogP contribution in [0.15, 0.2) is 30.6 Å². The monoisotopic (exact) mass is 434 g/mol. The molecule has 0 spiro atoms. The molecule has 1 saturated heterocycles. The van der Waals surface area contributed by atoms with E-state index in [0.29, 0.717) is 17.6 Å². The Bertz CT molecular complexity index is 1240. The van der Waals surface area contributed by atoms with Crippen molar-refractivity contribution in [2.45, 2.75) is 32.2 Å². The summed E-state index contributed by atoms with van der Waals surface area (Å²) in [5, 5.41) is 19.3. The zero-order valence-electron chi connectivity index (χ0n) is 17.4. The van der Waals surface area contributed by atoms with Gasteiger partial charge in [-0.15, -0.1) is 15.3 Å². The van der Waals surface area contributed by atoms with Gasteiger partial charge in [0.05, 0.1) is 24.2 Å². The molecule has 1 aliphatic heterocycles. The zero-order chi connectivity index (χ0) is 21.4. The molecule has 0 bridgehead atoms. The second kappa shape index (κ2) is 8.20. The molecular weight excluding hydrogens is 412 g/mol. The van der Waals surface area contributed by atoms with Crippen molar-refractivity contribution in [2.24, 2.45) is 0 Å². The summed E-state index contributed by atoms with van der Waals surface area (Å²) < 4.78 is 1.83. The summed E-state index contributed by atoms with van der Waals surface area (Å²) in [6.45, 7) is 3.98. The van der Waals surface area contributed by atoms with Gasteiger partial charge in [0.2, 0.25) is 0 Å². The lowest BCUT2D eigenvalue weighted by atomic mass is 10.1. The van der Waals surface area contributed by atoms with Crippen molar-refractivity contribution in [2.75, 3.05) is 20.1 Å². The van der Waals surface area contributed by atoms with Gasteiger partial charge in [-0.05, 0) is 46.0 Å². The van der Waals surface area contributed by atoms with Crippen molar-refractivity contribution in [1.29, 1.82) is 0 Å². The van der Waals surface area contributed by atoms with E-state index in [2.05, 4.69) is 42.4 Å². The topological polar surface area (TPSA) is 103 Å². The smallest absolute Gasteiger partial charge is 0.192 e. The Morgan fingerprint density at radius 2 is 2.03 bits per heavy atom. The SMILES string of the molecule is Cc1nnc(-c2ccc3cnc(CC(=O)c4cn(C5CCN(C)CC5)nn4)nc3c2)s1. The average molecular weight is 435 g/mol. The van der Waals surface area contributed by atoms with Gasteiger partial charge in [0, 0.05) is 17.1 Å². The van der Waals surface area contributed by atoms with Crippen molar-refractivity contribution in [3.63, 3.8) is 0 Å². The number of nitrogens with zero attached hydrogens (tertiary/aromatic N) is 8. The van der Waals surface area contributed by atoms with E-state index in [1.54, 1.807) is 12.4 Å². The van der Waals surface area contributed by atoms with Crippen LogP contribution in [0.1, 0.15) is 40.2 Å². The number of aromatic nitrogens is 7. The number of likely N-dealkylation sites (tertiary alicyclic amines) is 1. The standard InChI is InChI=1S/C21H22N8OS/c1-13-24-26-21(31-13)14-3-4-15-11-22-20(23-17(15)9-14)10-19(30)18-12-29(27-25-18)16-5-7-28(2)8-6-16/h3-4,9,11-12,16H,5-8,10H2,1-2H3. The van der Waals surface area contributed by atoms with Gasteiger partial charge in [-0.25, -0.2) is 14.6 Å². The van der Waals surface area contributed by atoms with Gasteiger partial charge in [-0.2, -0.15) is 0 Å². The molecule has 9 nitrogen and oxygen atoms in total. The molecule has 5 rings (SSSR count). The minimum absolute atomic E-state index is 0.0875. The molecule has 1 aromatic carbocycles. The molecule has 1 fully saturated rings. The molecule has 3 aromatic heterocycles. The van der Waals surface area contributed by atoms with Crippen LogP contribution in [0.5, 0.6) is 0 Å². The summed E-state index contributed by atoms with van der Waals surface area (Å²) >= 11 is 1.54. The van der Waals surface area contributed by atoms with Crippen LogP contribution in [0.4, 0.5) is 0 Å². The van der Waals surface area contributed by atoms with E-state index < -0.39 is 0 Å². The van der Waals surface area contributed by atoms with Crippen molar-refractivity contribution in [1.82, 2.24) is 40.1 Å². The second-order valence-corrected chi connectivity index (χ2v) is 9.09. The Kier molecular flexibility index (Phi) is 5.24. The highest BCUT2D eigenvalue weighted by Gasteiger charge is 2.21. The van der Waals surface area contributed by atoms with E-state index in [9.17, 15) is 4.79 Å². The maximum absolute atomic E-state index is 12.8. The largest absolute Gasteiger partial charge is 0.306 e. The Hall–Kier alpha value is -3.11. The van der Waals surface area contributed by atoms with Crippen LogP contribution in [0.3, 0.4) is 0 Å². The predicted molar refractivity (Wildman–Crippen MR) is 117 cm³/mol. The number of ketones is 1. The van der Waals surface area contributed by atoms with Gasteiger partial charge in [-0.3, -0.25) is 4.79 Å². The molecule has 0 radical (unpaired) electrons. The van der Waals surface area contributed by atoms with Gasteiger partial charge in [0.25, 0.3) is 0 Å². The molecule has 4 heterocycles. The highest BCUT2D eigenvalue weighted by molar-refractivity contribution is 7.14. The Morgan fingerprint density at radius 1 is 1.19 bits per heavy atom. The lowest BCUT2D eigenvalue weighted by molar-refractivity contribution is 0.0986. The molecule has 0 atom stereocenters. The highest BCUT2D eigenvalue weighted by Crippen LogP contribution is 2.26. The molecule has 0 aliphatic carbocycles. The summed E-state index contributed by atoms with van der Waals surface area (Å²) in [7, 11) is 2.12. The van der Waals surface area contributed by atoms with Crippen LogP contribution >= 0.6 is 11.3 Å². The molecule has 0 N–H and O–H groups in total. The third kappa shape index (κ3) is 4.21. The van der Waals surface area contributed by atoms with Crippen molar-refractivity contribution < 1.29 is 4.79 Å². The van der Waals surface area contributed by atoms with E-state index in [0.717, 1.165) is 52.4 Å². The maximum Gasteiger partial charge on any atom is 0.192 e. The fraction of sp³-hybridized carbons (Fsp3) is 0.381. The summed E-state index contributed by atoms with van der Waals surface area (Å²) in [6, 6.07) is 6.20. The van der Waals surface area contributed by atoms with Gasteiger partial charge >= 0.3 is 0 Å². The summed E-state index contributed by atoms with van der Waals surface area (Å²) in [6.07, 6.45) is 5.62. The Balaban J connectivity index is 1.33. The molecule has 0 unspecified atom stereocenters. The number of benzene rings is 1. The second-order valence-electron chi connectivity index (χ2n) is 7.90. The quantitative estimate of drug-likeness (QED) is 0.442. The molecule has 0 saturated carbocycles. The van der Waals surface area contributed by atoms with Crippen LogP contribution in [0.25, 0.3) is 21.5 Å². The number of hydrogen-bond donors (Lipinski definition) is 0. The number of carbonyl (C=O) groups is 1. The fourth-order valence-corrected chi connectivity index (χ4v) is 4.46. The summed E-state index contributed by atoms with van der Waals surface area (Å²) in [4.78, 5) is 24.0. The van der Waals surface area contributed by atoms with Crippen LogP contribution in [-0.2, 0) is 6.42 Å². The van der Waals surface area contributed by atoms with Crippen molar-refractivity contribution in [3.8, 4) is 10.6 Å². The van der Waals surface area contributed by atoms with Crippen molar-refractivity contribution >= 4 is 28.0 Å². The lowest BCUT2D eigenvalue weighted by Gasteiger charge is -2.28. The van der Waals surface area contributed by atoms with Gasteiger partial charge in [-0.1, -0.05) is 28.7 Å². The van der Waals surface area contributed by atoms with E-state index in [1.807, 2.05) is 29.8 Å². The van der Waals surface area contributed by atoms with Crippen LogP contribution in [0.2, 0.25) is 0 Å². The first-order valence-corrected chi connectivity index (χ1v) is 11.1. The third-order valence-electron chi connectivity index (χ3n) is 5.58. The molecule has 1 aliphatic rings. The molecule has 4 aromatic rings. The maximum atomic E-state index is 12.8. The van der Waals surface area contributed by atoms with E-state index in [-0.39, 0.29) is 12.2 Å². The number of piperidine rings is 1. The van der Waals surface area contributed by atoms with Crippen molar-refractivity contribution in [3.05, 3.63) is 47.1 Å². The first kappa shape index (κ1) is 19.8. The van der Waals surface area contributed by atoms with E-state index in [4.69, 9.17) is 0 Å². The lowest BCUT2D eigenvalue weighted by Crippen LogP contribution is -2.31. The highest BCUT2D eigenvalue weighted by atomic mass is 32.1. The normalized spacial score (nSPS) is 15.5. The Labute approximate surface area is 183 Å². The van der Waals surface area contributed by atoms with Crippen LogP contribution < -0.4 is 0 Å². The minimum atomic E-state index is -0.130. The van der Waals surface area contributed by atoms with Crippen LogP contribution in [-0.4, -0.2) is 66.0 Å². The molecule has 31 heavy (non-hydrogen) atoms. The predicted octanol–water partition coefficient (Wildman–Crippen LogP) is 2.74. The zero-order valence-corrected chi connectivity index (χ0v) is 18.2. The minimum Gasteiger partial charge on any atom is -0.306 e. The third-order valence-corrected chi connectivity index (χ3v) is 6.47. The van der Waals surface area contributed by atoms with Gasteiger partial charge < -0.3 is 4.90 Å². The van der Waals surface area contributed by atoms with Gasteiger partial charge in [0.15, 0.2) is 5.78 Å². The number of Topliss-reactive ketones (excluding diaryl/α,β-unsaturated/α-hetero) is 1. The summed E-state index contributed by atoms with van der Waals surface area (Å²) in [5.74, 6) is 0.339. The van der Waals surface area contributed by atoms with Gasteiger partial charge in [0.1, 0.15) is 21.5 Å². The molecule has 0 amide bonds. The number of hydrogen-bond acceptors (Lipinski definition) is 9. The molecule has 158 valence electrons. The summed E-state index contributed by atoms with van der Waals surface area (Å²) in [5.41, 5.74) is 2.09. The molecular formula is C21H22N8OS. The fourth-order valence-electron chi connectivity index (χ4n) is 3.77. The molecule has 10 heteroatoms. The number of carbonyl (C=O) groups excluding carboxylic acids is 1. The van der Waals surface area contributed by atoms with E-state index >= 15 is 0 Å². The number of rotatable bonds is 5. The van der Waals surface area contributed by atoms with Crippen LogP contribution in [0, 0.1) is 6.92 Å².